The van der Waals surface area contributed by atoms with Crippen molar-refractivity contribution in [3.8, 4) is 51.1 Å². The minimum Gasteiger partial charge on any atom is -0.306 e. The lowest BCUT2D eigenvalue weighted by atomic mass is 9.98. The van der Waals surface area contributed by atoms with Gasteiger partial charge in [0.25, 0.3) is 0 Å². The Balaban J connectivity index is 1.10. The fourth-order valence-corrected chi connectivity index (χ4v) is 17.4. The third-order valence-corrected chi connectivity index (χ3v) is 20.9. The summed E-state index contributed by atoms with van der Waals surface area (Å²) in [5, 5.41) is 27.1. The first kappa shape index (κ1) is 48.4. The number of hydrogen-bond donors (Lipinski definition) is 0. The number of nitrogens with zero attached hydrogens (tertiary/aromatic N) is 5. The van der Waals surface area contributed by atoms with E-state index in [0.717, 1.165) is 138 Å². The quantitative estimate of drug-likeness (QED) is 0.164. The maximum absolute atomic E-state index is 13.1. The van der Waals surface area contributed by atoms with Gasteiger partial charge in [0.1, 0.15) is 11.6 Å². The van der Waals surface area contributed by atoms with E-state index in [-0.39, 0.29) is 0 Å². The summed E-state index contributed by atoms with van der Waals surface area (Å²) in [6, 6.07) is 101. The molecule has 5 nitrogen and oxygen atoms in total. The minimum absolute atomic E-state index is 0.558. The monoisotopic (exact) mass is 1140 g/mol. The highest BCUT2D eigenvalue weighted by molar-refractivity contribution is 7.27. The molecule has 0 aliphatic rings. The molecule has 0 unspecified atom stereocenters. The van der Waals surface area contributed by atoms with Crippen LogP contribution in [-0.2, 0) is 0 Å². The molecule has 19 rings (SSSR count). The van der Waals surface area contributed by atoms with Crippen LogP contribution in [0.4, 0.5) is 0 Å². The van der Waals surface area contributed by atoms with Crippen LogP contribution in [0.1, 0.15) is 11.1 Å². The van der Waals surface area contributed by atoms with Crippen LogP contribution in [0.3, 0.4) is 0 Å². The molecule has 0 amide bonds. The van der Waals surface area contributed by atoms with Gasteiger partial charge in [0, 0.05) is 79.6 Å². The number of fused-ring (bicyclic) bond motifs is 20. The van der Waals surface area contributed by atoms with E-state index in [0.29, 0.717) is 5.56 Å². The van der Waals surface area contributed by atoms with Crippen molar-refractivity contribution in [2.75, 3.05) is 0 Å². The number of aromatic nitrogens is 4. The van der Waals surface area contributed by atoms with Crippen LogP contribution < -0.4 is 0 Å². The average molecular weight is 1140 g/mol. The zero-order chi connectivity index (χ0) is 57.2. The molecule has 404 valence electrons. The van der Waals surface area contributed by atoms with Crippen molar-refractivity contribution in [3.63, 3.8) is 0 Å². The van der Waals surface area contributed by atoms with E-state index >= 15 is 0 Å². The molecular formula is C80H47N5S2. The number of thiophene rings is 2. The first-order chi connectivity index (χ1) is 43.1. The fraction of sp³-hybridized carbons (Fsp3) is 0.0125. The molecule has 0 atom stereocenters. The Morgan fingerprint density at radius 2 is 0.609 bits per heavy atom. The lowest BCUT2D eigenvalue weighted by Gasteiger charge is -2.28. The average Bonchev–Trinajstić information content (AvgIpc) is 1.64. The van der Waals surface area contributed by atoms with Crippen molar-refractivity contribution in [1.82, 2.24) is 18.3 Å². The van der Waals surface area contributed by atoms with Crippen LogP contribution >= 0.6 is 22.7 Å². The maximum atomic E-state index is 13.1. The van der Waals surface area contributed by atoms with E-state index in [1.54, 1.807) is 0 Å². The third-order valence-electron chi connectivity index (χ3n) is 18.6. The van der Waals surface area contributed by atoms with Crippen molar-refractivity contribution in [2.45, 2.75) is 6.92 Å². The predicted molar refractivity (Wildman–Crippen MR) is 370 cm³/mol. The molecule has 6 heterocycles. The van der Waals surface area contributed by atoms with Crippen molar-refractivity contribution < 1.29 is 0 Å². The number of nitriles is 1. The topological polar surface area (TPSA) is 43.5 Å². The summed E-state index contributed by atoms with van der Waals surface area (Å²) >= 11 is 3.70. The predicted octanol–water partition coefficient (Wildman–Crippen LogP) is 22.3. The van der Waals surface area contributed by atoms with E-state index < -0.39 is 0 Å². The van der Waals surface area contributed by atoms with E-state index in [1.807, 2.05) is 22.7 Å². The minimum atomic E-state index is 0.558. The molecule has 0 aliphatic heterocycles. The molecule has 0 bridgehead atoms. The molecule has 6 aromatic heterocycles. The van der Waals surface area contributed by atoms with Gasteiger partial charge in [-0.3, -0.25) is 0 Å². The summed E-state index contributed by atoms with van der Waals surface area (Å²) in [5.41, 5.74) is 18.1. The molecule has 0 aliphatic carbocycles. The first-order valence-electron chi connectivity index (χ1n) is 29.6. The number of benzene rings is 13. The van der Waals surface area contributed by atoms with Gasteiger partial charge in [0.2, 0.25) is 0 Å². The molecule has 0 saturated carbocycles. The molecule has 87 heavy (non-hydrogen) atoms. The van der Waals surface area contributed by atoms with Crippen LogP contribution in [0.25, 0.3) is 173 Å². The van der Waals surface area contributed by atoms with Gasteiger partial charge in [-0.25, -0.2) is 0 Å². The second-order valence-electron chi connectivity index (χ2n) is 23.0. The highest BCUT2D eigenvalue weighted by Crippen LogP contribution is 2.52. The molecule has 19 aromatic rings. The van der Waals surface area contributed by atoms with Gasteiger partial charge in [-0.15, -0.1) is 22.7 Å². The molecular weight excluding hydrogens is 1100 g/mol. The summed E-state index contributed by atoms with van der Waals surface area (Å²) in [6.45, 7) is 2.35. The molecule has 0 spiro atoms. The van der Waals surface area contributed by atoms with Crippen molar-refractivity contribution >= 4 is 150 Å². The highest BCUT2D eigenvalue weighted by atomic mass is 32.1. The van der Waals surface area contributed by atoms with E-state index in [1.165, 1.54) is 40.3 Å². The second kappa shape index (κ2) is 18.2. The SMILES string of the molecule is Cc1c(-n2c3ccc(-c4ccccc4)cc3c3ccc4c5ccccc5sc4c32)c(-n2c3ccccc3c3ccccc32)c(C#N)c(-n2c3ccccc3c3ccccc32)c1-n1c2ccc(-c3ccccc3)cc2c2ccc3c4ccccc4sc3c21. The Morgan fingerprint density at radius 3 is 1.00 bits per heavy atom. The Kier molecular flexibility index (Phi) is 10.1. The van der Waals surface area contributed by atoms with Crippen molar-refractivity contribution in [3.05, 3.63) is 278 Å². The van der Waals surface area contributed by atoms with Gasteiger partial charge in [0.15, 0.2) is 0 Å². The van der Waals surface area contributed by atoms with E-state index in [9.17, 15) is 5.26 Å². The zero-order valence-electron chi connectivity index (χ0n) is 47.0. The van der Waals surface area contributed by atoms with Gasteiger partial charge in [-0.1, -0.05) is 206 Å². The van der Waals surface area contributed by atoms with E-state index in [4.69, 9.17) is 0 Å². The van der Waals surface area contributed by atoms with Crippen LogP contribution in [0.15, 0.2) is 267 Å². The van der Waals surface area contributed by atoms with Crippen LogP contribution in [0, 0.1) is 18.3 Å². The van der Waals surface area contributed by atoms with Crippen molar-refractivity contribution in [1.29, 1.82) is 5.26 Å². The smallest absolute Gasteiger partial charge is 0.104 e. The van der Waals surface area contributed by atoms with Gasteiger partial charge in [-0.05, 0) is 89.8 Å². The maximum Gasteiger partial charge on any atom is 0.104 e. The Labute approximate surface area is 506 Å². The summed E-state index contributed by atoms with van der Waals surface area (Å²) in [6.07, 6.45) is 0. The Bertz CT molecular complexity index is 5740. The lowest BCUT2D eigenvalue weighted by Crippen LogP contribution is -2.16. The van der Waals surface area contributed by atoms with Gasteiger partial charge in [-0.2, -0.15) is 5.26 Å². The molecule has 0 radical (unpaired) electrons. The Morgan fingerprint density at radius 1 is 0.276 bits per heavy atom. The van der Waals surface area contributed by atoms with Crippen LogP contribution in [0.2, 0.25) is 0 Å². The fourth-order valence-electron chi connectivity index (χ4n) is 14.9. The van der Waals surface area contributed by atoms with Gasteiger partial charge in [0.05, 0.1) is 76.3 Å². The summed E-state index contributed by atoms with van der Waals surface area (Å²) in [7, 11) is 0. The number of rotatable bonds is 6. The molecule has 0 N–H and O–H groups in total. The normalized spacial score (nSPS) is 12.2. The molecule has 7 heteroatoms. The first-order valence-corrected chi connectivity index (χ1v) is 31.2. The van der Waals surface area contributed by atoms with Crippen LogP contribution in [-0.4, -0.2) is 18.3 Å². The highest BCUT2D eigenvalue weighted by Gasteiger charge is 2.34. The lowest BCUT2D eigenvalue weighted by molar-refractivity contribution is 1.01. The number of hydrogen-bond acceptors (Lipinski definition) is 3. The van der Waals surface area contributed by atoms with Gasteiger partial charge >= 0.3 is 0 Å². The van der Waals surface area contributed by atoms with E-state index in [2.05, 4.69) is 298 Å². The Hall–Kier alpha value is -11.0. The summed E-state index contributed by atoms with van der Waals surface area (Å²) in [5.74, 6) is 0. The third kappa shape index (κ3) is 6.66. The van der Waals surface area contributed by atoms with Crippen molar-refractivity contribution in [2.24, 2.45) is 0 Å². The standard InChI is InChI=1S/C80H47N5S2/c1-47-73(84-69-42-36-50(48-20-4-2-5-21-48)44-62(69)58-38-40-60-56-28-12-18-34-71(56)86-79(60)77(58)84)75(82-65-30-14-8-24-52(65)53-25-9-15-31-66(53)82)64(46-81)76(83-67-32-16-10-26-54(67)55-27-11-17-33-68(55)83)74(47)85-70-43-37-51(49-22-6-3-7-23-49)45-63(70)59-39-41-61-57-29-13-19-35-72(57)87-80(61)78(59)85/h2-45H,1H3. The molecule has 13 aromatic carbocycles. The summed E-state index contributed by atoms with van der Waals surface area (Å²) in [4.78, 5) is 0. The van der Waals surface area contributed by atoms with Crippen LogP contribution in [0.5, 0.6) is 0 Å². The second-order valence-corrected chi connectivity index (χ2v) is 25.1. The summed E-state index contributed by atoms with van der Waals surface area (Å²) < 4.78 is 14.8. The molecule has 0 fully saturated rings. The zero-order valence-corrected chi connectivity index (χ0v) is 48.6. The largest absolute Gasteiger partial charge is 0.306 e. The van der Waals surface area contributed by atoms with Gasteiger partial charge < -0.3 is 18.3 Å². The number of para-hydroxylation sites is 4. The molecule has 0 saturated heterocycles.